The molecule has 1 unspecified atom stereocenters. The summed E-state index contributed by atoms with van der Waals surface area (Å²) < 4.78 is 15.9. The zero-order chi connectivity index (χ0) is 26.6. The van der Waals surface area contributed by atoms with Crippen LogP contribution in [0.1, 0.15) is 36.9 Å². The summed E-state index contributed by atoms with van der Waals surface area (Å²) >= 11 is 0. The average molecular weight is 514 g/mol. The molecule has 10 nitrogen and oxygen atoms in total. The number of hydrogen-bond acceptors (Lipinski definition) is 9. The fraction of sp³-hybridized carbons (Fsp3) is 0.481. The highest BCUT2D eigenvalue weighted by Crippen LogP contribution is 2.30. The number of nitrogens with zero attached hydrogens (tertiary/aromatic N) is 3. The molecule has 1 aliphatic carbocycles. The minimum absolute atomic E-state index is 0.00843. The topological polar surface area (TPSA) is 119 Å². The average Bonchev–Trinajstić information content (AvgIpc) is 2.92. The van der Waals surface area contributed by atoms with Crippen LogP contribution in [-0.2, 0) is 37.0 Å². The predicted molar refractivity (Wildman–Crippen MR) is 135 cm³/mol. The first-order chi connectivity index (χ1) is 17.9. The summed E-state index contributed by atoms with van der Waals surface area (Å²) in [6, 6.07) is 12.9. The third-order valence-electron chi connectivity index (χ3n) is 6.53. The molecule has 1 aromatic carbocycles. The number of pyridine rings is 1. The molecule has 0 bridgehead atoms. The number of carbonyl (C=O) groups excluding carboxylic acids is 2. The van der Waals surface area contributed by atoms with Gasteiger partial charge in [0.25, 0.3) is 0 Å². The van der Waals surface area contributed by atoms with Crippen LogP contribution in [0, 0.1) is 0 Å². The van der Waals surface area contributed by atoms with Gasteiger partial charge in [0.15, 0.2) is 0 Å². The SMILES string of the molecule is COC(=O)CN(CC(=O)O)C1CCCC[C@@H]1N(CC(=O)OC)Cc1ncccc1OCc1ccccc1. The van der Waals surface area contributed by atoms with Gasteiger partial charge in [0, 0.05) is 24.8 Å². The Morgan fingerprint density at radius 2 is 1.51 bits per heavy atom. The second kappa shape index (κ2) is 14.3. The van der Waals surface area contributed by atoms with E-state index in [9.17, 15) is 19.5 Å². The Balaban J connectivity index is 1.87. The van der Waals surface area contributed by atoms with E-state index in [1.165, 1.54) is 14.2 Å². The van der Waals surface area contributed by atoms with Crippen molar-refractivity contribution < 1.29 is 33.7 Å². The van der Waals surface area contributed by atoms with E-state index in [-0.39, 0.29) is 31.7 Å². The van der Waals surface area contributed by atoms with Crippen LogP contribution in [0.3, 0.4) is 0 Å². The lowest BCUT2D eigenvalue weighted by Gasteiger charge is -2.44. The number of hydrogen-bond donors (Lipinski definition) is 1. The molecule has 10 heteroatoms. The third-order valence-corrected chi connectivity index (χ3v) is 6.53. The zero-order valence-electron chi connectivity index (χ0n) is 21.4. The molecule has 2 atom stereocenters. The summed E-state index contributed by atoms with van der Waals surface area (Å²) in [5.74, 6) is -1.35. The number of carbonyl (C=O) groups is 3. The highest BCUT2D eigenvalue weighted by molar-refractivity contribution is 5.74. The van der Waals surface area contributed by atoms with Crippen molar-refractivity contribution >= 4 is 17.9 Å². The minimum Gasteiger partial charge on any atom is -0.487 e. The Morgan fingerprint density at radius 3 is 2.14 bits per heavy atom. The van der Waals surface area contributed by atoms with E-state index < -0.39 is 17.9 Å². The Morgan fingerprint density at radius 1 is 0.892 bits per heavy atom. The quantitative estimate of drug-likeness (QED) is 0.400. The summed E-state index contributed by atoms with van der Waals surface area (Å²) in [5, 5.41) is 9.53. The number of aliphatic carboxylic acids is 1. The van der Waals surface area contributed by atoms with Crippen molar-refractivity contribution in [3.8, 4) is 5.75 Å². The van der Waals surface area contributed by atoms with Gasteiger partial charge in [-0.05, 0) is 30.5 Å². The first-order valence-electron chi connectivity index (χ1n) is 12.4. The molecule has 0 saturated heterocycles. The molecular formula is C27H35N3O7. The molecule has 1 aromatic heterocycles. The van der Waals surface area contributed by atoms with Crippen molar-refractivity contribution in [2.45, 2.75) is 50.9 Å². The minimum atomic E-state index is -1.03. The maximum absolute atomic E-state index is 12.4. The second-order valence-electron chi connectivity index (χ2n) is 9.00. The molecule has 1 saturated carbocycles. The van der Waals surface area contributed by atoms with Gasteiger partial charge in [-0.15, -0.1) is 0 Å². The third kappa shape index (κ3) is 8.54. The van der Waals surface area contributed by atoms with Crippen molar-refractivity contribution in [1.29, 1.82) is 0 Å². The predicted octanol–water partition coefficient (Wildman–Crippen LogP) is 2.51. The van der Waals surface area contributed by atoms with Crippen LogP contribution in [0.5, 0.6) is 5.75 Å². The lowest BCUT2D eigenvalue weighted by molar-refractivity contribution is -0.148. The molecule has 0 aliphatic heterocycles. The van der Waals surface area contributed by atoms with Crippen LogP contribution in [-0.4, -0.2) is 83.7 Å². The van der Waals surface area contributed by atoms with E-state index in [1.807, 2.05) is 41.3 Å². The molecule has 0 radical (unpaired) electrons. The largest absolute Gasteiger partial charge is 0.487 e. The van der Waals surface area contributed by atoms with Gasteiger partial charge in [-0.3, -0.25) is 29.2 Å². The van der Waals surface area contributed by atoms with Crippen molar-refractivity contribution in [2.24, 2.45) is 0 Å². The summed E-state index contributed by atoms with van der Waals surface area (Å²) in [6.07, 6.45) is 4.89. The number of rotatable bonds is 13. The van der Waals surface area contributed by atoms with Gasteiger partial charge in [0.05, 0.1) is 39.5 Å². The van der Waals surface area contributed by atoms with Crippen LogP contribution in [0.4, 0.5) is 0 Å². The van der Waals surface area contributed by atoms with Crippen molar-refractivity contribution in [3.63, 3.8) is 0 Å². The van der Waals surface area contributed by atoms with E-state index >= 15 is 0 Å². The fourth-order valence-corrected chi connectivity index (χ4v) is 4.76. The smallest absolute Gasteiger partial charge is 0.319 e. The molecule has 1 fully saturated rings. The maximum Gasteiger partial charge on any atom is 0.319 e. The Bertz CT molecular complexity index is 1030. The number of esters is 2. The van der Waals surface area contributed by atoms with Crippen LogP contribution in [0.2, 0.25) is 0 Å². The standard InChI is InChI=1S/C27H35N3O7/c1-35-26(33)17-29(15-21-24(13-8-14-28-21)37-19-20-9-4-3-5-10-20)22-11-6-7-12-23(22)30(16-25(31)32)18-27(34)36-2/h3-5,8-10,13-14,22-23H,6-7,11-12,15-19H2,1-2H3,(H,31,32)/t22-,23?/m0/s1. The molecule has 1 N–H and O–H groups in total. The van der Waals surface area contributed by atoms with Gasteiger partial charge in [-0.25, -0.2) is 0 Å². The number of methoxy groups -OCH3 is 2. The van der Waals surface area contributed by atoms with Gasteiger partial charge in [0.2, 0.25) is 0 Å². The van der Waals surface area contributed by atoms with Gasteiger partial charge < -0.3 is 19.3 Å². The highest BCUT2D eigenvalue weighted by atomic mass is 16.5. The van der Waals surface area contributed by atoms with E-state index in [4.69, 9.17) is 14.2 Å². The van der Waals surface area contributed by atoms with Crippen molar-refractivity contribution in [3.05, 3.63) is 59.9 Å². The number of benzene rings is 1. The first kappa shape index (κ1) is 28.1. The lowest BCUT2D eigenvalue weighted by atomic mass is 9.87. The van der Waals surface area contributed by atoms with E-state index in [0.29, 0.717) is 31.0 Å². The van der Waals surface area contributed by atoms with Gasteiger partial charge in [-0.1, -0.05) is 43.2 Å². The second-order valence-corrected chi connectivity index (χ2v) is 9.00. The van der Waals surface area contributed by atoms with Crippen LogP contribution in [0.25, 0.3) is 0 Å². The molecule has 1 heterocycles. The van der Waals surface area contributed by atoms with Gasteiger partial charge in [-0.2, -0.15) is 0 Å². The van der Waals surface area contributed by atoms with E-state index in [2.05, 4.69) is 4.98 Å². The molecular weight excluding hydrogens is 478 g/mol. The Kier molecular flexibility index (Phi) is 10.8. The number of ether oxygens (including phenoxy) is 3. The highest BCUT2D eigenvalue weighted by Gasteiger charge is 2.37. The van der Waals surface area contributed by atoms with Crippen molar-refractivity contribution in [2.75, 3.05) is 33.9 Å². The molecule has 3 rings (SSSR count). The summed E-state index contributed by atoms with van der Waals surface area (Å²) in [4.78, 5) is 44.3. The molecule has 200 valence electrons. The summed E-state index contributed by atoms with van der Waals surface area (Å²) in [5.41, 5.74) is 1.67. The molecule has 0 spiro atoms. The number of aromatic nitrogens is 1. The number of carboxylic acids is 1. The van der Waals surface area contributed by atoms with Crippen molar-refractivity contribution in [1.82, 2.24) is 14.8 Å². The van der Waals surface area contributed by atoms with Gasteiger partial charge >= 0.3 is 17.9 Å². The molecule has 2 aromatic rings. The fourth-order valence-electron chi connectivity index (χ4n) is 4.76. The monoisotopic (exact) mass is 513 g/mol. The number of carboxylic acid groups (broad SMARTS) is 1. The molecule has 0 amide bonds. The summed E-state index contributed by atoms with van der Waals surface area (Å²) in [7, 11) is 2.61. The maximum atomic E-state index is 12.4. The molecule has 37 heavy (non-hydrogen) atoms. The van der Waals surface area contributed by atoms with Crippen LogP contribution >= 0.6 is 0 Å². The normalized spacial score (nSPS) is 17.4. The Labute approximate surface area is 217 Å². The lowest BCUT2D eigenvalue weighted by Crippen LogP contribution is -2.56. The zero-order valence-corrected chi connectivity index (χ0v) is 21.4. The Hall–Kier alpha value is -3.50. The van der Waals surface area contributed by atoms with Crippen LogP contribution in [0.15, 0.2) is 48.7 Å². The van der Waals surface area contributed by atoms with E-state index in [1.54, 1.807) is 17.2 Å². The van der Waals surface area contributed by atoms with Gasteiger partial charge in [0.1, 0.15) is 12.4 Å². The first-order valence-corrected chi connectivity index (χ1v) is 12.4. The summed E-state index contributed by atoms with van der Waals surface area (Å²) in [6.45, 7) is 0.197. The van der Waals surface area contributed by atoms with E-state index in [0.717, 1.165) is 24.8 Å². The molecule has 1 aliphatic rings. The van der Waals surface area contributed by atoms with Crippen LogP contribution < -0.4 is 4.74 Å².